The van der Waals surface area contributed by atoms with Gasteiger partial charge in [0.05, 0.1) is 13.5 Å². The minimum absolute atomic E-state index is 0.0642. The number of ether oxygens (including phenoxy) is 1. The van der Waals surface area contributed by atoms with E-state index in [1.165, 1.54) is 14.0 Å². The van der Waals surface area contributed by atoms with Crippen molar-refractivity contribution in [2.24, 2.45) is 0 Å². The lowest BCUT2D eigenvalue weighted by atomic mass is 10.2. The van der Waals surface area contributed by atoms with E-state index in [9.17, 15) is 9.59 Å². The zero-order chi connectivity index (χ0) is 12.7. The highest BCUT2D eigenvalue weighted by atomic mass is 16.5. The van der Waals surface area contributed by atoms with E-state index in [0.29, 0.717) is 13.1 Å². The molecule has 0 aliphatic carbocycles. The fourth-order valence-corrected chi connectivity index (χ4v) is 1.38. The predicted octanol–water partition coefficient (Wildman–Crippen LogP) is 0.993. The molecule has 0 aromatic carbocycles. The summed E-state index contributed by atoms with van der Waals surface area (Å²) >= 11 is 0. The van der Waals surface area contributed by atoms with Crippen molar-refractivity contribution >= 4 is 11.9 Å². The van der Waals surface area contributed by atoms with Crippen LogP contribution in [0.5, 0.6) is 0 Å². The van der Waals surface area contributed by atoms with Gasteiger partial charge < -0.3 is 9.64 Å². The van der Waals surface area contributed by atoms with Gasteiger partial charge in [0.1, 0.15) is 0 Å². The number of carbonyl (C=O) groups excluding carboxylic acids is 2. The van der Waals surface area contributed by atoms with Gasteiger partial charge in [-0.05, 0) is 17.7 Å². The molecule has 0 spiro atoms. The van der Waals surface area contributed by atoms with Gasteiger partial charge in [-0.25, -0.2) is 0 Å². The molecule has 92 valence electrons. The molecule has 0 bridgehead atoms. The monoisotopic (exact) mass is 236 g/mol. The number of carbonyl (C=O) groups is 2. The van der Waals surface area contributed by atoms with E-state index in [0.717, 1.165) is 5.56 Å². The second kappa shape index (κ2) is 6.62. The molecule has 17 heavy (non-hydrogen) atoms. The maximum absolute atomic E-state index is 11.4. The molecule has 0 fully saturated rings. The number of hydrogen-bond acceptors (Lipinski definition) is 4. The van der Waals surface area contributed by atoms with Gasteiger partial charge in [0.2, 0.25) is 5.91 Å². The summed E-state index contributed by atoms with van der Waals surface area (Å²) in [5.74, 6) is -0.378. The Labute approximate surface area is 100 Å². The third kappa shape index (κ3) is 4.63. The highest BCUT2D eigenvalue weighted by Crippen LogP contribution is 2.04. The number of nitrogens with zero attached hydrogens (tertiary/aromatic N) is 2. The lowest BCUT2D eigenvalue weighted by molar-refractivity contribution is -0.141. The summed E-state index contributed by atoms with van der Waals surface area (Å²) in [5, 5.41) is 0. The van der Waals surface area contributed by atoms with Crippen LogP contribution in [0.15, 0.2) is 24.5 Å². The summed E-state index contributed by atoms with van der Waals surface area (Å²) < 4.78 is 4.54. The van der Waals surface area contributed by atoms with E-state index in [1.807, 2.05) is 12.1 Å². The Balaban J connectivity index is 2.55. The van der Waals surface area contributed by atoms with Gasteiger partial charge in [0.25, 0.3) is 0 Å². The third-order valence-electron chi connectivity index (χ3n) is 2.38. The molecule has 1 rings (SSSR count). The summed E-state index contributed by atoms with van der Waals surface area (Å²) in [6, 6.07) is 3.68. The van der Waals surface area contributed by atoms with E-state index in [1.54, 1.807) is 17.3 Å². The number of esters is 1. The predicted molar refractivity (Wildman–Crippen MR) is 62.0 cm³/mol. The van der Waals surface area contributed by atoms with E-state index < -0.39 is 0 Å². The van der Waals surface area contributed by atoms with Gasteiger partial charge in [-0.3, -0.25) is 14.6 Å². The van der Waals surface area contributed by atoms with Gasteiger partial charge in [0.15, 0.2) is 0 Å². The maximum atomic E-state index is 11.4. The second-order valence-corrected chi connectivity index (χ2v) is 3.62. The highest BCUT2D eigenvalue weighted by Gasteiger charge is 2.11. The topological polar surface area (TPSA) is 59.5 Å². The molecular formula is C12H16N2O3. The summed E-state index contributed by atoms with van der Waals surface area (Å²) in [6.07, 6.45) is 3.56. The van der Waals surface area contributed by atoms with Crippen molar-refractivity contribution in [3.63, 3.8) is 0 Å². The molecule has 1 heterocycles. The molecule has 0 saturated carbocycles. The van der Waals surface area contributed by atoms with Crippen molar-refractivity contribution in [1.29, 1.82) is 0 Å². The molecule has 0 aliphatic rings. The van der Waals surface area contributed by atoms with E-state index in [4.69, 9.17) is 0 Å². The molecule has 1 amide bonds. The van der Waals surface area contributed by atoms with Crippen molar-refractivity contribution in [2.45, 2.75) is 19.9 Å². The van der Waals surface area contributed by atoms with Crippen LogP contribution >= 0.6 is 0 Å². The fourth-order valence-electron chi connectivity index (χ4n) is 1.38. The number of rotatable bonds is 5. The van der Waals surface area contributed by atoms with Crippen molar-refractivity contribution in [3.05, 3.63) is 30.1 Å². The Morgan fingerprint density at radius 1 is 1.35 bits per heavy atom. The Morgan fingerprint density at radius 2 is 2.00 bits per heavy atom. The van der Waals surface area contributed by atoms with Crippen LogP contribution in [0.3, 0.4) is 0 Å². The maximum Gasteiger partial charge on any atom is 0.307 e. The van der Waals surface area contributed by atoms with Crippen LogP contribution in [0.2, 0.25) is 0 Å². The van der Waals surface area contributed by atoms with Crippen LogP contribution in [0, 0.1) is 0 Å². The molecule has 0 atom stereocenters. The van der Waals surface area contributed by atoms with Gasteiger partial charge in [-0.2, -0.15) is 0 Å². The molecule has 0 saturated heterocycles. The molecule has 0 N–H and O–H groups in total. The summed E-state index contributed by atoms with van der Waals surface area (Å²) in [5.41, 5.74) is 0.986. The van der Waals surface area contributed by atoms with E-state index in [2.05, 4.69) is 9.72 Å². The van der Waals surface area contributed by atoms with Crippen LogP contribution in [0.1, 0.15) is 18.9 Å². The van der Waals surface area contributed by atoms with Gasteiger partial charge in [-0.15, -0.1) is 0 Å². The van der Waals surface area contributed by atoms with Crippen LogP contribution < -0.4 is 0 Å². The standard InChI is InChI=1S/C12H16N2O3/c1-10(15)14(8-5-12(16)17-2)9-11-3-6-13-7-4-11/h3-4,6-7H,5,8-9H2,1-2H3. The minimum Gasteiger partial charge on any atom is -0.469 e. The molecule has 1 aromatic heterocycles. The summed E-state index contributed by atoms with van der Waals surface area (Å²) in [7, 11) is 1.34. The van der Waals surface area contributed by atoms with E-state index in [-0.39, 0.29) is 18.3 Å². The molecule has 1 aromatic rings. The quantitative estimate of drug-likeness (QED) is 0.715. The average molecular weight is 236 g/mol. The number of pyridine rings is 1. The second-order valence-electron chi connectivity index (χ2n) is 3.62. The normalized spacial score (nSPS) is 9.76. The van der Waals surface area contributed by atoms with Crippen molar-refractivity contribution in [1.82, 2.24) is 9.88 Å². The smallest absolute Gasteiger partial charge is 0.307 e. The summed E-state index contributed by atoms with van der Waals surface area (Å²) in [6.45, 7) is 2.33. The first-order chi connectivity index (χ1) is 8.13. The summed E-state index contributed by atoms with van der Waals surface area (Å²) in [4.78, 5) is 27.9. The van der Waals surface area contributed by atoms with Gasteiger partial charge >= 0.3 is 5.97 Å². The zero-order valence-corrected chi connectivity index (χ0v) is 10.0. The molecule has 0 unspecified atom stereocenters. The van der Waals surface area contributed by atoms with Crippen molar-refractivity contribution in [2.75, 3.05) is 13.7 Å². The molecular weight excluding hydrogens is 220 g/mol. The molecule has 5 nitrogen and oxygen atoms in total. The number of aromatic nitrogens is 1. The Bertz CT molecular complexity index is 379. The minimum atomic E-state index is -0.314. The van der Waals surface area contributed by atoms with Crippen LogP contribution in [-0.4, -0.2) is 35.4 Å². The van der Waals surface area contributed by atoms with E-state index >= 15 is 0 Å². The zero-order valence-electron chi connectivity index (χ0n) is 10.0. The Hall–Kier alpha value is -1.91. The molecule has 0 radical (unpaired) electrons. The van der Waals surface area contributed by atoms with Crippen molar-refractivity contribution in [3.8, 4) is 0 Å². The first-order valence-electron chi connectivity index (χ1n) is 5.34. The van der Waals surface area contributed by atoms with Crippen LogP contribution in [-0.2, 0) is 20.9 Å². The first-order valence-corrected chi connectivity index (χ1v) is 5.34. The average Bonchev–Trinajstić information content (AvgIpc) is 2.34. The van der Waals surface area contributed by atoms with Crippen molar-refractivity contribution < 1.29 is 14.3 Å². The van der Waals surface area contributed by atoms with Gasteiger partial charge in [-0.1, -0.05) is 0 Å². The number of methoxy groups -OCH3 is 1. The lowest BCUT2D eigenvalue weighted by Crippen LogP contribution is -2.30. The van der Waals surface area contributed by atoms with Crippen LogP contribution in [0.25, 0.3) is 0 Å². The first kappa shape index (κ1) is 13.2. The third-order valence-corrected chi connectivity index (χ3v) is 2.38. The fraction of sp³-hybridized carbons (Fsp3) is 0.417. The Morgan fingerprint density at radius 3 is 2.53 bits per heavy atom. The number of hydrogen-bond donors (Lipinski definition) is 0. The molecule has 0 aliphatic heterocycles. The number of amides is 1. The van der Waals surface area contributed by atoms with Gasteiger partial charge in [0, 0.05) is 32.4 Å². The van der Waals surface area contributed by atoms with Crippen LogP contribution in [0.4, 0.5) is 0 Å². The lowest BCUT2D eigenvalue weighted by Gasteiger charge is -2.20. The SMILES string of the molecule is COC(=O)CCN(Cc1ccncc1)C(C)=O. The highest BCUT2D eigenvalue weighted by molar-refractivity contribution is 5.74. The largest absolute Gasteiger partial charge is 0.469 e. The molecule has 5 heteroatoms. The Kier molecular flexibility index (Phi) is 5.13.